The van der Waals surface area contributed by atoms with Crippen LogP contribution >= 0.6 is 11.8 Å². The number of benzene rings is 2. The minimum absolute atomic E-state index is 0.198. The van der Waals surface area contributed by atoms with Crippen molar-refractivity contribution in [3.8, 4) is 0 Å². The van der Waals surface area contributed by atoms with E-state index >= 15 is 0 Å². The summed E-state index contributed by atoms with van der Waals surface area (Å²) >= 11 is 1.13. The van der Waals surface area contributed by atoms with Crippen LogP contribution in [-0.4, -0.2) is 27.8 Å². The Morgan fingerprint density at radius 1 is 1.03 bits per heavy atom. The first kappa shape index (κ1) is 22.9. The van der Waals surface area contributed by atoms with Gasteiger partial charge in [-0.15, -0.1) is 0 Å². The van der Waals surface area contributed by atoms with Gasteiger partial charge >= 0.3 is 6.03 Å². The molecule has 0 bridgehead atoms. The molecule has 4 rings (SSSR count). The summed E-state index contributed by atoms with van der Waals surface area (Å²) in [4.78, 5) is 54.5. The number of aryl methyl sites for hydroxylation is 2. The third-order valence-electron chi connectivity index (χ3n) is 5.19. The molecule has 0 radical (unpaired) electrons. The number of rotatable bonds is 5. The number of nitrogens with one attached hydrogen (secondary N) is 1. The van der Waals surface area contributed by atoms with Gasteiger partial charge in [-0.2, -0.15) is 0 Å². The summed E-state index contributed by atoms with van der Waals surface area (Å²) in [7, 11) is 0. The second-order valence-corrected chi connectivity index (χ2v) is 8.54. The molecule has 10 heteroatoms. The zero-order chi connectivity index (χ0) is 24.4. The number of carbonyl (C=O) groups is 3. The van der Waals surface area contributed by atoms with Gasteiger partial charge < -0.3 is 0 Å². The van der Waals surface area contributed by atoms with Crippen LogP contribution in [0.5, 0.6) is 0 Å². The largest absolute Gasteiger partial charge is 0.335 e. The van der Waals surface area contributed by atoms with Gasteiger partial charge in [0.2, 0.25) is 0 Å². The molecular weight excluding hydrogens is 456 g/mol. The number of anilines is 1. The van der Waals surface area contributed by atoms with Crippen molar-refractivity contribution in [1.82, 2.24) is 10.3 Å². The molecule has 1 saturated heterocycles. The van der Waals surface area contributed by atoms with Gasteiger partial charge in [-0.3, -0.25) is 25.0 Å². The van der Waals surface area contributed by atoms with Crippen molar-refractivity contribution in [1.29, 1.82) is 0 Å². The highest BCUT2D eigenvalue weighted by atomic mass is 32.2. The number of imide groups is 2. The van der Waals surface area contributed by atoms with E-state index in [1.54, 1.807) is 48.7 Å². The van der Waals surface area contributed by atoms with Crippen LogP contribution < -0.4 is 10.2 Å². The van der Waals surface area contributed by atoms with Crippen molar-refractivity contribution < 1.29 is 19.3 Å². The zero-order valence-corrected chi connectivity index (χ0v) is 19.0. The van der Waals surface area contributed by atoms with Gasteiger partial charge in [0.05, 0.1) is 15.5 Å². The number of hydrogen-bond acceptors (Lipinski definition) is 7. The van der Waals surface area contributed by atoms with E-state index in [9.17, 15) is 24.5 Å². The minimum Gasteiger partial charge on any atom is -0.273 e. The number of urea groups is 1. The average Bonchev–Trinajstić information content (AvgIpc) is 2.80. The summed E-state index contributed by atoms with van der Waals surface area (Å²) in [6.07, 6.45) is 2.82. The van der Waals surface area contributed by atoms with Crippen LogP contribution in [0.25, 0.3) is 6.08 Å². The average molecular weight is 474 g/mol. The van der Waals surface area contributed by atoms with Gasteiger partial charge in [0.25, 0.3) is 17.5 Å². The number of aromatic nitrogens is 1. The van der Waals surface area contributed by atoms with Gasteiger partial charge in [0.1, 0.15) is 10.6 Å². The Hall–Kier alpha value is -4.31. The number of hydrogen-bond donors (Lipinski definition) is 1. The van der Waals surface area contributed by atoms with Crippen molar-refractivity contribution in [2.45, 2.75) is 23.8 Å². The van der Waals surface area contributed by atoms with Crippen LogP contribution in [0.2, 0.25) is 0 Å². The second kappa shape index (κ2) is 9.28. The van der Waals surface area contributed by atoms with Gasteiger partial charge in [0, 0.05) is 12.3 Å². The third-order valence-corrected chi connectivity index (χ3v) is 6.21. The van der Waals surface area contributed by atoms with Gasteiger partial charge in [-0.05, 0) is 66.9 Å². The fraction of sp³-hybridized carbons (Fsp3) is 0.0833. The summed E-state index contributed by atoms with van der Waals surface area (Å²) in [6, 6.07) is 13.8. The van der Waals surface area contributed by atoms with E-state index in [2.05, 4.69) is 10.3 Å². The topological polar surface area (TPSA) is 123 Å². The molecule has 0 aliphatic carbocycles. The third kappa shape index (κ3) is 4.57. The summed E-state index contributed by atoms with van der Waals surface area (Å²) in [5, 5.41) is 14.4. The Morgan fingerprint density at radius 3 is 2.50 bits per heavy atom. The molecule has 1 aromatic heterocycles. The lowest BCUT2D eigenvalue weighted by molar-refractivity contribution is -0.387. The molecule has 3 aromatic rings. The van der Waals surface area contributed by atoms with Gasteiger partial charge in [-0.25, -0.2) is 14.7 Å². The maximum Gasteiger partial charge on any atom is 0.335 e. The number of carbonyl (C=O) groups excluding carboxylic acids is 3. The van der Waals surface area contributed by atoms with E-state index in [0.29, 0.717) is 15.6 Å². The van der Waals surface area contributed by atoms with Crippen LogP contribution in [0.1, 0.15) is 16.7 Å². The molecule has 1 fully saturated rings. The Kier molecular flexibility index (Phi) is 6.24. The predicted molar refractivity (Wildman–Crippen MR) is 126 cm³/mol. The van der Waals surface area contributed by atoms with Crippen molar-refractivity contribution in [3.05, 3.63) is 93.2 Å². The summed E-state index contributed by atoms with van der Waals surface area (Å²) in [5.74, 6) is -1.68. The van der Waals surface area contributed by atoms with Crippen LogP contribution in [0.15, 0.2) is 76.3 Å². The molecule has 0 saturated carbocycles. The van der Waals surface area contributed by atoms with E-state index in [0.717, 1.165) is 27.8 Å². The molecule has 170 valence electrons. The van der Waals surface area contributed by atoms with E-state index in [-0.39, 0.29) is 16.8 Å². The minimum atomic E-state index is -0.871. The number of nitrogens with zero attached hydrogens (tertiary/aromatic N) is 3. The number of nitro groups is 1. The molecule has 1 aliphatic heterocycles. The highest BCUT2D eigenvalue weighted by molar-refractivity contribution is 7.99. The van der Waals surface area contributed by atoms with Crippen LogP contribution in [-0.2, 0) is 9.59 Å². The van der Waals surface area contributed by atoms with Crippen LogP contribution in [0.4, 0.5) is 16.2 Å². The maximum atomic E-state index is 13.1. The number of pyridine rings is 1. The smallest absolute Gasteiger partial charge is 0.273 e. The lowest BCUT2D eigenvalue weighted by Crippen LogP contribution is -2.54. The van der Waals surface area contributed by atoms with Crippen LogP contribution in [0.3, 0.4) is 0 Å². The molecule has 1 aliphatic rings. The molecular formula is C24H18N4O5S. The molecule has 0 atom stereocenters. The maximum absolute atomic E-state index is 13.1. The highest BCUT2D eigenvalue weighted by Crippen LogP contribution is 2.35. The Bertz CT molecular complexity index is 1370. The Morgan fingerprint density at radius 2 is 1.82 bits per heavy atom. The number of nitro benzene ring substituents is 1. The van der Waals surface area contributed by atoms with Crippen molar-refractivity contribution in [2.75, 3.05) is 4.90 Å². The van der Waals surface area contributed by atoms with Crippen molar-refractivity contribution >= 4 is 47.1 Å². The monoisotopic (exact) mass is 474 g/mol. The fourth-order valence-corrected chi connectivity index (χ4v) is 4.16. The molecule has 9 nitrogen and oxygen atoms in total. The summed E-state index contributed by atoms with van der Waals surface area (Å²) in [5.41, 5.74) is 1.93. The van der Waals surface area contributed by atoms with E-state index in [1.165, 1.54) is 18.2 Å². The van der Waals surface area contributed by atoms with Crippen LogP contribution in [0, 0.1) is 24.0 Å². The highest BCUT2D eigenvalue weighted by Gasteiger charge is 2.37. The molecule has 0 spiro atoms. The van der Waals surface area contributed by atoms with Gasteiger partial charge in [-0.1, -0.05) is 30.0 Å². The summed E-state index contributed by atoms with van der Waals surface area (Å²) in [6.45, 7) is 3.74. The zero-order valence-electron chi connectivity index (χ0n) is 18.1. The van der Waals surface area contributed by atoms with E-state index < -0.39 is 22.8 Å². The molecule has 1 N–H and O–H groups in total. The first-order valence-corrected chi connectivity index (χ1v) is 10.9. The van der Waals surface area contributed by atoms with Crippen molar-refractivity contribution in [2.24, 2.45) is 0 Å². The molecule has 2 aromatic carbocycles. The fourth-order valence-electron chi connectivity index (χ4n) is 3.30. The molecule has 4 amide bonds. The number of barbiturate groups is 1. The first-order chi connectivity index (χ1) is 16.2. The SMILES string of the molecule is Cc1ccc(N2C(=O)NC(=O)/C(=C\c3ccc(Sc4ccccn4)c([N+](=O)[O-])c3)C2=O)cc1C. The van der Waals surface area contributed by atoms with Crippen molar-refractivity contribution in [3.63, 3.8) is 0 Å². The number of amides is 4. The van der Waals surface area contributed by atoms with Gasteiger partial charge in [0.15, 0.2) is 0 Å². The normalized spacial score (nSPS) is 14.9. The lowest BCUT2D eigenvalue weighted by atomic mass is 10.0. The quantitative estimate of drug-likeness (QED) is 0.251. The predicted octanol–water partition coefficient (Wildman–Crippen LogP) is 4.42. The summed E-state index contributed by atoms with van der Waals surface area (Å²) < 4.78 is 0. The van der Waals surface area contributed by atoms with E-state index in [1.807, 2.05) is 13.8 Å². The second-order valence-electron chi connectivity index (χ2n) is 7.48. The first-order valence-electron chi connectivity index (χ1n) is 10.1. The molecule has 2 heterocycles. The Labute approximate surface area is 198 Å². The standard InChI is InChI=1S/C24H18N4O5S/c1-14-6-8-17(11-15(14)2)27-23(30)18(22(29)26-24(27)31)12-16-7-9-20(19(13-16)28(32)33)34-21-5-3-4-10-25-21/h3-13H,1-2H3,(H,26,29,31)/b18-12+. The lowest BCUT2D eigenvalue weighted by Gasteiger charge is -2.26. The van der Waals surface area contributed by atoms with E-state index in [4.69, 9.17) is 0 Å². The Balaban J connectivity index is 1.70. The molecule has 0 unspecified atom stereocenters. The molecule has 34 heavy (non-hydrogen) atoms.